The van der Waals surface area contributed by atoms with Crippen molar-refractivity contribution in [1.29, 1.82) is 0 Å². The Balaban J connectivity index is 2.73. The molecule has 1 saturated heterocycles. The Morgan fingerprint density at radius 1 is 1.43 bits per heavy atom. The van der Waals surface area contributed by atoms with E-state index in [1.807, 2.05) is 4.98 Å². The van der Waals surface area contributed by atoms with Crippen LogP contribution in [0, 0.1) is 0 Å². The second-order valence-corrected chi connectivity index (χ2v) is 5.14. The predicted molar refractivity (Wildman–Crippen MR) is 68.3 cm³/mol. The fraction of sp³-hybridized carbons (Fsp3) is 0.500. The maximum atomic E-state index is 11.8. The van der Waals surface area contributed by atoms with Gasteiger partial charge in [0.2, 0.25) is 16.0 Å². The van der Waals surface area contributed by atoms with Crippen LogP contribution in [0.5, 0.6) is 0 Å². The van der Waals surface area contributed by atoms with Gasteiger partial charge in [-0.15, -0.1) is 0 Å². The summed E-state index contributed by atoms with van der Waals surface area (Å²) in [4.78, 5) is 24.7. The lowest BCUT2D eigenvalue weighted by Gasteiger charge is -2.28. The van der Waals surface area contributed by atoms with Gasteiger partial charge in [0.25, 0.3) is 5.56 Å². The molecule has 10 nitrogen and oxygen atoms in total. The van der Waals surface area contributed by atoms with Crippen molar-refractivity contribution in [2.24, 2.45) is 0 Å². The van der Waals surface area contributed by atoms with Gasteiger partial charge in [0.1, 0.15) is 18.3 Å². The average Bonchev–Trinajstić information content (AvgIpc) is 2.63. The smallest absolute Gasteiger partial charge is 0.331 e. The third kappa shape index (κ3) is 2.56. The summed E-state index contributed by atoms with van der Waals surface area (Å²) in [5, 5.41) is 29.4. The van der Waals surface area contributed by atoms with Crippen molar-refractivity contribution < 1.29 is 28.5 Å². The summed E-state index contributed by atoms with van der Waals surface area (Å²) in [5.74, 6) is 0. The number of aromatic nitrogens is 2. The monoisotopic (exact) mass is 320 g/mol. The number of nitrogens with zero attached hydrogens (tertiary/aromatic N) is 1. The zero-order valence-corrected chi connectivity index (χ0v) is 11.2. The summed E-state index contributed by atoms with van der Waals surface area (Å²) in [6, 6.07) is 0.916. The first-order chi connectivity index (χ1) is 9.81. The maximum absolute atomic E-state index is 11.8. The number of hydrogen-bond donors (Lipinski definition) is 4. The van der Waals surface area contributed by atoms with Gasteiger partial charge in [-0.2, -0.15) is 8.42 Å². The largest absolute Gasteiger partial charge is 0.394 e. The molecule has 0 amide bonds. The van der Waals surface area contributed by atoms with Crippen LogP contribution in [0.1, 0.15) is 0 Å². The maximum Gasteiger partial charge on any atom is 0.331 e. The molecule has 4 atom stereocenters. The van der Waals surface area contributed by atoms with Crippen LogP contribution < -0.4 is 11.2 Å². The molecule has 2 rings (SSSR count). The first-order valence-electron chi connectivity index (χ1n) is 5.73. The number of aromatic amines is 1. The summed E-state index contributed by atoms with van der Waals surface area (Å²) < 4.78 is 27.8. The second kappa shape index (κ2) is 5.54. The van der Waals surface area contributed by atoms with Crippen molar-refractivity contribution in [3.05, 3.63) is 33.1 Å². The Labute approximate surface area is 118 Å². The van der Waals surface area contributed by atoms with Crippen LogP contribution in [0.15, 0.2) is 21.9 Å². The summed E-state index contributed by atoms with van der Waals surface area (Å²) in [6.07, 6.45) is -3.87. The molecule has 1 aliphatic heterocycles. The van der Waals surface area contributed by atoms with Crippen molar-refractivity contribution in [2.75, 3.05) is 6.61 Å². The lowest BCUT2D eigenvalue weighted by atomic mass is 10.0. The van der Waals surface area contributed by atoms with E-state index in [0.717, 1.165) is 12.3 Å². The lowest BCUT2D eigenvalue weighted by molar-refractivity contribution is -0.0948. The SMILES string of the molecule is O=c1ccn([C@]2(C=S(=O)=O)O[C@H](CO)[C@@H](O)[C@H]2O)c(=O)[nH]1. The molecule has 1 aromatic rings. The lowest BCUT2D eigenvalue weighted by Crippen LogP contribution is -2.52. The third-order valence-electron chi connectivity index (χ3n) is 3.11. The molecular weight excluding hydrogens is 308 g/mol. The van der Waals surface area contributed by atoms with Gasteiger partial charge in [-0.3, -0.25) is 14.3 Å². The van der Waals surface area contributed by atoms with Gasteiger partial charge in [-0.25, -0.2) is 4.79 Å². The van der Waals surface area contributed by atoms with Crippen molar-refractivity contribution in [3.8, 4) is 0 Å². The number of rotatable bonds is 3. The molecule has 0 radical (unpaired) electrons. The predicted octanol–water partition coefficient (Wildman–Crippen LogP) is -4.02. The summed E-state index contributed by atoms with van der Waals surface area (Å²) in [6.45, 7) is -0.711. The highest BCUT2D eigenvalue weighted by molar-refractivity contribution is 7.71. The van der Waals surface area contributed by atoms with Gasteiger partial charge in [0.05, 0.1) is 12.0 Å². The van der Waals surface area contributed by atoms with Crippen molar-refractivity contribution >= 4 is 15.7 Å². The van der Waals surface area contributed by atoms with Crippen LogP contribution in [0.25, 0.3) is 0 Å². The van der Waals surface area contributed by atoms with Crippen LogP contribution in [0.4, 0.5) is 0 Å². The van der Waals surface area contributed by atoms with Crippen LogP contribution in [-0.2, 0) is 20.8 Å². The van der Waals surface area contributed by atoms with Crippen LogP contribution in [0.2, 0.25) is 0 Å². The van der Waals surface area contributed by atoms with Gasteiger partial charge < -0.3 is 20.1 Å². The van der Waals surface area contributed by atoms with Gasteiger partial charge in [0, 0.05) is 12.3 Å². The highest BCUT2D eigenvalue weighted by Gasteiger charge is 2.55. The quantitative estimate of drug-likeness (QED) is 0.410. The molecule has 0 bridgehead atoms. The van der Waals surface area contributed by atoms with Gasteiger partial charge in [-0.05, 0) is 0 Å². The molecule has 1 aromatic heterocycles. The Morgan fingerprint density at radius 2 is 2.10 bits per heavy atom. The molecular formula is C10H12N2O8S. The van der Waals surface area contributed by atoms with Crippen LogP contribution in [0.3, 0.4) is 0 Å². The topological polar surface area (TPSA) is 159 Å². The number of aliphatic hydroxyl groups is 3. The molecule has 21 heavy (non-hydrogen) atoms. The third-order valence-corrected chi connectivity index (χ3v) is 3.64. The number of ether oxygens (including phenoxy) is 1. The standard InChI is InChI=1S/C10H12N2O8S/c13-3-5-7(15)8(16)10(20-5,4-21(18)19)12-2-1-6(14)11-9(12)17/h1-2,4-5,7-8,13,15-16H,3H2,(H,11,14,17)/t5-,7-,8-,10-/m1/s1. The van der Waals surface area contributed by atoms with E-state index in [1.165, 1.54) is 0 Å². The van der Waals surface area contributed by atoms with E-state index in [9.17, 15) is 28.2 Å². The van der Waals surface area contributed by atoms with E-state index >= 15 is 0 Å². The molecule has 1 fully saturated rings. The first kappa shape index (κ1) is 15.6. The Hall–Kier alpha value is -1.79. The first-order valence-corrected chi connectivity index (χ1v) is 6.87. The van der Waals surface area contributed by atoms with Crippen molar-refractivity contribution in [2.45, 2.75) is 24.0 Å². The molecule has 0 aromatic carbocycles. The van der Waals surface area contributed by atoms with Gasteiger partial charge >= 0.3 is 5.69 Å². The normalized spacial score (nSPS) is 32.0. The van der Waals surface area contributed by atoms with E-state index in [0.29, 0.717) is 9.93 Å². The highest BCUT2D eigenvalue weighted by atomic mass is 32.2. The Kier molecular flexibility index (Phi) is 4.11. The second-order valence-electron chi connectivity index (χ2n) is 4.38. The molecule has 0 spiro atoms. The van der Waals surface area contributed by atoms with E-state index in [1.54, 1.807) is 0 Å². The van der Waals surface area contributed by atoms with Crippen LogP contribution in [-0.4, -0.2) is 63.6 Å². The molecule has 0 aliphatic carbocycles. The number of nitrogens with one attached hydrogen (secondary N) is 1. The molecule has 4 N–H and O–H groups in total. The van der Waals surface area contributed by atoms with Crippen molar-refractivity contribution in [3.63, 3.8) is 0 Å². The fourth-order valence-corrected chi connectivity index (χ4v) is 2.74. The number of hydrogen-bond acceptors (Lipinski definition) is 8. The van der Waals surface area contributed by atoms with E-state index in [2.05, 4.69) is 0 Å². The molecule has 116 valence electrons. The summed E-state index contributed by atoms with van der Waals surface area (Å²) >= 11 is 0. The van der Waals surface area contributed by atoms with Crippen LogP contribution >= 0.6 is 0 Å². The zero-order chi connectivity index (χ0) is 15.8. The van der Waals surface area contributed by atoms with E-state index in [-0.39, 0.29) is 0 Å². The summed E-state index contributed by atoms with van der Waals surface area (Å²) in [5.41, 5.74) is -4.05. The van der Waals surface area contributed by atoms with Gasteiger partial charge in [0.15, 0.2) is 0 Å². The van der Waals surface area contributed by atoms with E-state index < -0.39 is 52.2 Å². The molecule has 0 saturated carbocycles. The minimum atomic E-state index is -2.87. The molecule has 0 unspecified atom stereocenters. The zero-order valence-electron chi connectivity index (χ0n) is 10.4. The average molecular weight is 320 g/mol. The highest BCUT2D eigenvalue weighted by Crippen LogP contribution is 2.33. The molecule has 2 heterocycles. The minimum Gasteiger partial charge on any atom is -0.394 e. The van der Waals surface area contributed by atoms with Crippen molar-refractivity contribution in [1.82, 2.24) is 9.55 Å². The summed E-state index contributed by atoms with van der Waals surface area (Å²) in [7, 11) is -2.87. The molecule has 11 heteroatoms. The minimum absolute atomic E-state index is 0.469. The Bertz CT molecular complexity index is 773. The number of aliphatic hydroxyl groups excluding tert-OH is 3. The number of H-pyrrole nitrogens is 1. The van der Waals surface area contributed by atoms with Gasteiger partial charge in [-0.1, -0.05) is 0 Å². The van der Waals surface area contributed by atoms with E-state index in [4.69, 9.17) is 9.84 Å². The molecule has 1 aliphatic rings. The Morgan fingerprint density at radius 3 is 2.57 bits per heavy atom. The fourth-order valence-electron chi connectivity index (χ4n) is 2.16.